The molecule has 60 valence electrons. The van der Waals surface area contributed by atoms with Gasteiger partial charge < -0.3 is 5.11 Å². The van der Waals surface area contributed by atoms with Gasteiger partial charge in [-0.25, -0.2) is 9.78 Å². The fourth-order valence-electron chi connectivity index (χ4n) is 0.701. The molecule has 0 bridgehead atoms. The van der Waals surface area contributed by atoms with Crippen LogP contribution in [0.5, 0.6) is 0 Å². The van der Waals surface area contributed by atoms with Gasteiger partial charge >= 0.3 is 5.97 Å². The Balaban J connectivity index is 3.26. The van der Waals surface area contributed by atoms with E-state index in [9.17, 15) is 4.79 Å². The van der Waals surface area contributed by atoms with Crippen molar-refractivity contribution >= 4 is 29.0 Å². The van der Waals surface area contributed by atoms with Crippen LogP contribution in [-0.2, 0) is 0 Å². The second-order valence-electron chi connectivity index (χ2n) is 1.88. The third-order valence-corrected chi connectivity index (χ3v) is 1.25. The first kappa shape index (κ1) is 8.52. The SMILES string of the molecule is O=C(O)c1ncccc1N=C=S. The summed E-state index contributed by atoms with van der Waals surface area (Å²) in [6, 6.07) is 3.09. The molecule has 0 aliphatic heterocycles. The Hall–Kier alpha value is -1.58. The molecule has 1 heterocycles. The van der Waals surface area contributed by atoms with Crippen LogP contribution in [0, 0.1) is 0 Å². The predicted molar refractivity (Wildman–Crippen MR) is 45.9 cm³/mol. The molecule has 0 amide bonds. The molecule has 0 spiro atoms. The lowest BCUT2D eigenvalue weighted by molar-refractivity contribution is 0.0691. The largest absolute Gasteiger partial charge is 0.476 e. The molecule has 0 saturated heterocycles. The molecule has 1 aromatic heterocycles. The molecule has 0 radical (unpaired) electrons. The van der Waals surface area contributed by atoms with Crippen LogP contribution in [0.15, 0.2) is 23.3 Å². The summed E-state index contributed by atoms with van der Waals surface area (Å²) in [6.07, 6.45) is 1.38. The zero-order valence-electron chi connectivity index (χ0n) is 5.89. The fraction of sp³-hybridized carbons (Fsp3) is 0. The molecule has 0 aliphatic rings. The first-order chi connectivity index (χ1) is 5.75. The zero-order chi connectivity index (χ0) is 8.97. The van der Waals surface area contributed by atoms with Crippen molar-refractivity contribution in [3.8, 4) is 0 Å². The molecular weight excluding hydrogens is 176 g/mol. The van der Waals surface area contributed by atoms with Crippen LogP contribution in [0.4, 0.5) is 5.69 Å². The Morgan fingerprint density at radius 2 is 2.50 bits per heavy atom. The van der Waals surface area contributed by atoms with Crippen LogP contribution in [-0.4, -0.2) is 21.2 Å². The number of isothiocyanates is 1. The molecule has 0 aromatic carbocycles. The minimum absolute atomic E-state index is 0.116. The van der Waals surface area contributed by atoms with Crippen molar-refractivity contribution in [1.82, 2.24) is 4.98 Å². The van der Waals surface area contributed by atoms with Crippen LogP contribution in [0.1, 0.15) is 10.5 Å². The van der Waals surface area contributed by atoms with Gasteiger partial charge in [0.15, 0.2) is 5.69 Å². The number of carboxylic acid groups (broad SMARTS) is 1. The van der Waals surface area contributed by atoms with E-state index in [1.165, 1.54) is 12.3 Å². The number of hydrogen-bond acceptors (Lipinski definition) is 4. The minimum Gasteiger partial charge on any atom is -0.476 e. The quantitative estimate of drug-likeness (QED) is 0.553. The number of rotatable bonds is 2. The van der Waals surface area contributed by atoms with E-state index in [-0.39, 0.29) is 11.4 Å². The highest BCUT2D eigenvalue weighted by Gasteiger charge is 2.08. The molecule has 1 N–H and O–H groups in total. The number of carbonyl (C=O) groups is 1. The Morgan fingerprint density at radius 1 is 1.75 bits per heavy atom. The topological polar surface area (TPSA) is 62.5 Å². The number of nitrogens with zero attached hydrogens (tertiary/aromatic N) is 2. The van der Waals surface area contributed by atoms with E-state index in [2.05, 4.69) is 27.4 Å². The molecule has 0 saturated carbocycles. The van der Waals surface area contributed by atoms with Gasteiger partial charge in [-0.3, -0.25) is 0 Å². The number of aromatic carboxylic acids is 1. The number of aliphatic imine (C=N–C) groups is 1. The summed E-state index contributed by atoms with van der Waals surface area (Å²) < 4.78 is 0. The van der Waals surface area contributed by atoms with E-state index in [4.69, 9.17) is 5.11 Å². The van der Waals surface area contributed by atoms with E-state index >= 15 is 0 Å². The van der Waals surface area contributed by atoms with Gasteiger partial charge in [0.25, 0.3) is 0 Å². The summed E-state index contributed by atoms with van der Waals surface area (Å²) in [4.78, 5) is 17.7. The Bertz CT molecular complexity index is 337. The van der Waals surface area contributed by atoms with Crippen molar-refractivity contribution < 1.29 is 9.90 Å². The summed E-state index contributed by atoms with van der Waals surface area (Å²) in [5.41, 5.74) is 0.106. The molecule has 5 heteroatoms. The van der Waals surface area contributed by atoms with Gasteiger partial charge in [-0.05, 0) is 24.4 Å². The van der Waals surface area contributed by atoms with Crippen molar-refractivity contribution in [2.24, 2.45) is 4.99 Å². The maximum Gasteiger partial charge on any atom is 0.356 e. The first-order valence-electron chi connectivity index (χ1n) is 3.02. The molecule has 4 nitrogen and oxygen atoms in total. The van der Waals surface area contributed by atoms with E-state index in [0.717, 1.165) is 0 Å². The molecule has 0 unspecified atom stereocenters. The normalized spacial score (nSPS) is 8.67. The Kier molecular flexibility index (Phi) is 2.63. The molecule has 0 fully saturated rings. The number of aromatic nitrogens is 1. The smallest absolute Gasteiger partial charge is 0.356 e. The van der Waals surface area contributed by atoms with Gasteiger partial charge in [-0.15, -0.1) is 0 Å². The second kappa shape index (κ2) is 3.71. The maximum atomic E-state index is 10.5. The number of pyridine rings is 1. The number of hydrogen-bond donors (Lipinski definition) is 1. The van der Waals surface area contributed by atoms with Crippen molar-refractivity contribution in [3.63, 3.8) is 0 Å². The Morgan fingerprint density at radius 3 is 3.08 bits per heavy atom. The fourth-order valence-corrected chi connectivity index (χ4v) is 0.799. The van der Waals surface area contributed by atoms with Gasteiger partial charge in [0, 0.05) is 6.20 Å². The van der Waals surface area contributed by atoms with Crippen LogP contribution < -0.4 is 0 Å². The molecular formula is C7H4N2O2S. The van der Waals surface area contributed by atoms with Crippen LogP contribution >= 0.6 is 12.2 Å². The van der Waals surface area contributed by atoms with E-state index in [0.29, 0.717) is 0 Å². The highest BCUT2D eigenvalue weighted by molar-refractivity contribution is 7.78. The lowest BCUT2D eigenvalue weighted by Crippen LogP contribution is -1.99. The van der Waals surface area contributed by atoms with Crippen molar-refractivity contribution in [1.29, 1.82) is 0 Å². The third-order valence-electron chi connectivity index (χ3n) is 1.16. The van der Waals surface area contributed by atoms with E-state index in [1.807, 2.05) is 0 Å². The molecule has 0 aliphatic carbocycles. The van der Waals surface area contributed by atoms with Crippen molar-refractivity contribution in [3.05, 3.63) is 24.0 Å². The minimum atomic E-state index is -1.13. The van der Waals surface area contributed by atoms with Crippen molar-refractivity contribution in [2.45, 2.75) is 0 Å². The highest BCUT2D eigenvalue weighted by atomic mass is 32.1. The predicted octanol–water partition coefficient (Wildman–Crippen LogP) is 1.51. The number of thiocarbonyl (C=S) groups is 1. The molecule has 1 aromatic rings. The average Bonchev–Trinajstić information content (AvgIpc) is 2.05. The monoisotopic (exact) mass is 180 g/mol. The average molecular weight is 180 g/mol. The zero-order valence-corrected chi connectivity index (χ0v) is 6.71. The summed E-state index contributed by atoms with van der Waals surface area (Å²) in [6.45, 7) is 0. The van der Waals surface area contributed by atoms with E-state index in [1.54, 1.807) is 6.07 Å². The van der Waals surface area contributed by atoms with Gasteiger partial charge in [0.1, 0.15) is 5.69 Å². The summed E-state index contributed by atoms with van der Waals surface area (Å²) in [7, 11) is 0. The van der Waals surface area contributed by atoms with Crippen LogP contribution in [0.3, 0.4) is 0 Å². The molecule has 0 atom stereocenters. The van der Waals surface area contributed by atoms with Crippen LogP contribution in [0.25, 0.3) is 0 Å². The summed E-state index contributed by atoms with van der Waals surface area (Å²) in [5, 5.41) is 10.7. The summed E-state index contributed by atoms with van der Waals surface area (Å²) in [5.74, 6) is -1.13. The summed E-state index contributed by atoms with van der Waals surface area (Å²) >= 11 is 4.34. The maximum absolute atomic E-state index is 10.5. The Labute approximate surface area is 73.6 Å². The van der Waals surface area contributed by atoms with Gasteiger partial charge in [-0.2, -0.15) is 4.99 Å². The van der Waals surface area contributed by atoms with Gasteiger partial charge in [0.2, 0.25) is 0 Å². The van der Waals surface area contributed by atoms with Gasteiger partial charge in [0.05, 0.1) is 5.16 Å². The third kappa shape index (κ3) is 1.72. The lowest BCUT2D eigenvalue weighted by Gasteiger charge is -1.94. The van der Waals surface area contributed by atoms with Gasteiger partial charge in [-0.1, -0.05) is 0 Å². The molecule has 1 rings (SSSR count). The van der Waals surface area contributed by atoms with Crippen molar-refractivity contribution in [2.75, 3.05) is 0 Å². The number of carboxylic acids is 1. The highest BCUT2D eigenvalue weighted by Crippen LogP contribution is 2.14. The van der Waals surface area contributed by atoms with Crippen LogP contribution in [0.2, 0.25) is 0 Å². The second-order valence-corrected chi connectivity index (χ2v) is 2.06. The standard InChI is InChI=1S/C7H4N2O2S/c10-7(11)6-5(9-4-12)2-1-3-8-6/h1-3H,(H,10,11). The molecule has 12 heavy (non-hydrogen) atoms. The van der Waals surface area contributed by atoms with E-state index < -0.39 is 5.97 Å². The lowest BCUT2D eigenvalue weighted by atomic mass is 10.3. The first-order valence-corrected chi connectivity index (χ1v) is 3.42.